The van der Waals surface area contributed by atoms with Crippen LogP contribution in [0.2, 0.25) is 0 Å². The minimum absolute atomic E-state index is 0.508. The predicted octanol–water partition coefficient (Wildman–Crippen LogP) is 3.04. The van der Waals surface area contributed by atoms with Crippen LogP contribution < -0.4 is 0 Å². The van der Waals surface area contributed by atoms with Crippen LogP contribution >= 0.6 is 27.3 Å². The lowest BCUT2D eigenvalue weighted by Gasteiger charge is -2.14. The van der Waals surface area contributed by atoms with Gasteiger partial charge in [0.1, 0.15) is 5.01 Å². The molecule has 4 nitrogen and oxygen atoms in total. The summed E-state index contributed by atoms with van der Waals surface area (Å²) in [5, 5.41) is 5.71. The van der Waals surface area contributed by atoms with E-state index in [-0.39, 0.29) is 0 Å². The smallest absolute Gasteiger partial charge is 0.107 e. The number of halogens is 1. The molecule has 6 heteroatoms. The van der Waals surface area contributed by atoms with E-state index in [1.54, 1.807) is 0 Å². The SMILES string of the molecule is Brc1cnn(C2CCN(Cc3nc4c(s3)CCC4)C2)c1. The molecule has 1 fully saturated rings. The Hall–Kier alpha value is -0.720. The van der Waals surface area contributed by atoms with Gasteiger partial charge in [-0.15, -0.1) is 11.3 Å². The number of likely N-dealkylation sites (tertiary alicyclic amines) is 1. The Morgan fingerprint density at radius 2 is 2.35 bits per heavy atom. The van der Waals surface area contributed by atoms with Crippen LogP contribution in [-0.4, -0.2) is 32.8 Å². The van der Waals surface area contributed by atoms with E-state index in [0.717, 1.165) is 24.1 Å². The van der Waals surface area contributed by atoms with Crippen LogP contribution in [0.25, 0.3) is 0 Å². The summed E-state index contributed by atoms with van der Waals surface area (Å²) in [5.74, 6) is 0. The van der Waals surface area contributed by atoms with Crippen LogP contribution in [0.1, 0.15) is 34.5 Å². The van der Waals surface area contributed by atoms with Gasteiger partial charge in [-0.05, 0) is 41.6 Å². The first-order chi connectivity index (χ1) is 9.78. The van der Waals surface area contributed by atoms with E-state index < -0.39 is 0 Å². The molecule has 0 radical (unpaired) electrons. The molecule has 4 rings (SSSR count). The van der Waals surface area contributed by atoms with Crippen LogP contribution in [0.4, 0.5) is 0 Å². The third kappa shape index (κ3) is 2.44. The zero-order chi connectivity index (χ0) is 13.5. The minimum atomic E-state index is 0.508. The van der Waals surface area contributed by atoms with Crippen molar-refractivity contribution in [3.05, 3.63) is 32.4 Å². The van der Waals surface area contributed by atoms with Crippen LogP contribution in [0, 0.1) is 0 Å². The quantitative estimate of drug-likeness (QED) is 0.851. The largest absolute Gasteiger partial charge is 0.294 e. The Morgan fingerprint density at radius 1 is 1.40 bits per heavy atom. The van der Waals surface area contributed by atoms with Crippen LogP contribution in [0.3, 0.4) is 0 Å². The number of aryl methyl sites for hydroxylation is 2. The summed E-state index contributed by atoms with van der Waals surface area (Å²) >= 11 is 5.40. The topological polar surface area (TPSA) is 34.0 Å². The molecule has 1 unspecified atom stereocenters. The van der Waals surface area contributed by atoms with E-state index in [1.165, 1.54) is 41.3 Å². The molecule has 0 N–H and O–H groups in total. The normalized spacial score (nSPS) is 22.6. The van der Waals surface area contributed by atoms with Crippen molar-refractivity contribution in [3.63, 3.8) is 0 Å². The van der Waals surface area contributed by atoms with Crippen molar-refractivity contribution in [2.75, 3.05) is 13.1 Å². The first-order valence-corrected chi connectivity index (χ1v) is 8.78. The number of nitrogens with zero attached hydrogens (tertiary/aromatic N) is 4. The lowest BCUT2D eigenvalue weighted by atomic mass is 10.3. The summed E-state index contributed by atoms with van der Waals surface area (Å²) in [6, 6.07) is 0.508. The molecule has 106 valence electrons. The van der Waals surface area contributed by atoms with Gasteiger partial charge < -0.3 is 0 Å². The van der Waals surface area contributed by atoms with Gasteiger partial charge >= 0.3 is 0 Å². The van der Waals surface area contributed by atoms with Crippen molar-refractivity contribution in [3.8, 4) is 0 Å². The van der Waals surface area contributed by atoms with E-state index in [4.69, 9.17) is 4.98 Å². The highest BCUT2D eigenvalue weighted by Crippen LogP contribution is 2.30. The van der Waals surface area contributed by atoms with E-state index in [0.29, 0.717) is 6.04 Å². The fourth-order valence-electron chi connectivity index (χ4n) is 3.19. The van der Waals surface area contributed by atoms with Gasteiger partial charge in [0.25, 0.3) is 0 Å². The fourth-order valence-corrected chi connectivity index (χ4v) is 4.69. The molecule has 3 heterocycles. The van der Waals surface area contributed by atoms with E-state index in [9.17, 15) is 0 Å². The van der Waals surface area contributed by atoms with Gasteiger partial charge in [-0.2, -0.15) is 5.10 Å². The summed E-state index contributed by atoms with van der Waals surface area (Å²) in [4.78, 5) is 8.85. The van der Waals surface area contributed by atoms with Gasteiger partial charge in [-0.25, -0.2) is 4.98 Å². The highest BCUT2D eigenvalue weighted by Gasteiger charge is 2.26. The summed E-state index contributed by atoms with van der Waals surface area (Å²) in [6.45, 7) is 3.24. The van der Waals surface area contributed by atoms with Crippen molar-refractivity contribution in [1.29, 1.82) is 0 Å². The lowest BCUT2D eigenvalue weighted by Crippen LogP contribution is -2.21. The maximum Gasteiger partial charge on any atom is 0.107 e. The fraction of sp³-hybridized carbons (Fsp3) is 0.571. The first kappa shape index (κ1) is 13.0. The zero-order valence-corrected chi connectivity index (χ0v) is 13.7. The molecule has 0 saturated carbocycles. The predicted molar refractivity (Wildman–Crippen MR) is 83.0 cm³/mol. The molecule has 1 saturated heterocycles. The van der Waals surface area contributed by atoms with Gasteiger partial charge in [0.2, 0.25) is 0 Å². The second-order valence-corrected chi connectivity index (χ2v) is 7.73. The average molecular weight is 353 g/mol. The number of fused-ring (bicyclic) bond motifs is 1. The summed E-state index contributed by atoms with van der Waals surface area (Å²) in [6.07, 6.45) is 8.86. The van der Waals surface area contributed by atoms with Gasteiger partial charge in [0.15, 0.2) is 0 Å². The number of rotatable bonds is 3. The van der Waals surface area contributed by atoms with E-state index >= 15 is 0 Å². The Morgan fingerprint density at radius 3 is 3.15 bits per heavy atom. The van der Waals surface area contributed by atoms with Crippen molar-refractivity contribution in [2.45, 2.75) is 38.3 Å². The summed E-state index contributed by atoms with van der Waals surface area (Å²) < 4.78 is 3.15. The molecule has 2 aliphatic rings. The molecule has 0 bridgehead atoms. The van der Waals surface area contributed by atoms with Gasteiger partial charge in [0, 0.05) is 24.2 Å². The van der Waals surface area contributed by atoms with Crippen molar-refractivity contribution in [1.82, 2.24) is 19.7 Å². The number of aromatic nitrogens is 3. The van der Waals surface area contributed by atoms with Crippen LogP contribution in [0.15, 0.2) is 16.9 Å². The second-order valence-electron chi connectivity index (χ2n) is 5.65. The standard InChI is InChI=1S/C14H17BrN4S/c15-10-6-16-19(7-10)11-4-5-18(8-11)9-14-17-12-2-1-3-13(12)20-14/h6-7,11H,1-5,8-9H2. The highest BCUT2D eigenvalue weighted by atomic mass is 79.9. The van der Waals surface area contributed by atoms with Crippen LogP contribution in [0.5, 0.6) is 0 Å². The third-order valence-electron chi connectivity index (χ3n) is 4.19. The Balaban J connectivity index is 1.41. The van der Waals surface area contributed by atoms with Gasteiger partial charge in [0.05, 0.1) is 29.0 Å². The number of hydrogen-bond acceptors (Lipinski definition) is 4. The molecule has 1 atom stereocenters. The molecule has 20 heavy (non-hydrogen) atoms. The molecular weight excluding hydrogens is 336 g/mol. The average Bonchev–Trinajstić information content (AvgIpc) is 3.12. The zero-order valence-electron chi connectivity index (χ0n) is 11.3. The maximum absolute atomic E-state index is 4.80. The van der Waals surface area contributed by atoms with Gasteiger partial charge in [-0.1, -0.05) is 0 Å². The molecule has 1 aliphatic carbocycles. The molecule has 0 amide bonds. The van der Waals surface area contributed by atoms with Gasteiger partial charge in [-0.3, -0.25) is 9.58 Å². The third-order valence-corrected chi connectivity index (χ3v) is 5.74. The highest BCUT2D eigenvalue weighted by molar-refractivity contribution is 9.10. The molecule has 2 aromatic rings. The lowest BCUT2D eigenvalue weighted by molar-refractivity contribution is 0.311. The molecule has 0 spiro atoms. The molecule has 2 aromatic heterocycles. The summed E-state index contributed by atoms with van der Waals surface area (Å²) in [5.41, 5.74) is 1.37. The Bertz CT molecular complexity index is 599. The maximum atomic E-state index is 4.80. The molecular formula is C14H17BrN4S. The van der Waals surface area contributed by atoms with Crippen LogP contribution in [-0.2, 0) is 19.4 Å². The van der Waals surface area contributed by atoms with Crippen molar-refractivity contribution >= 4 is 27.3 Å². The summed E-state index contributed by atoms with van der Waals surface area (Å²) in [7, 11) is 0. The van der Waals surface area contributed by atoms with E-state index in [1.807, 2.05) is 17.5 Å². The second kappa shape index (κ2) is 5.24. The van der Waals surface area contributed by atoms with E-state index in [2.05, 4.69) is 36.8 Å². The molecule has 1 aliphatic heterocycles. The first-order valence-electron chi connectivity index (χ1n) is 7.17. The number of hydrogen-bond donors (Lipinski definition) is 0. The number of thiazole rings is 1. The Kier molecular flexibility index (Phi) is 3.40. The molecule has 0 aromatic carbocycles. The van der Waals surface area contributed by atoms with Crippen molar-refractivity contribution < 1.29 is 0 Å². The Labute approximate surface area is 130 Å². The minimum Gasteiger partial charge on any atom is -0.294 e. The monoisotopic (exact) mass is 352 g/mol. The van der Waals surface area contributed by atoms with Crippen molar-refractivity contribution in [2.24, 2.45) is 0 Å².